The van der Waals surface area contributed by atoms with E-state index < -0.39 is 4.92 Å². The van der Waals surface area contributed by atoms with E-state index in [0.29, 0.717) is 18.5 Å². The molecule has 0 saturated heterocycles. The molecule has 2 aromatic rings. The molecule has 21 heavy (non-hydrogen) atoms. The van der Waals surface area contributed by atoms with Crippen molar-refractivity contribution in [2.24, 2.45) is 0 Å². The SMILES string of the molecule is CC(NCCc1ccccc1F)c1cccc([N+](=O)[O-])c1. The van der Waals surface area contributed by atoms with Gasteiger partial charge >= 0.3 is 0 Å². The molecule has 0 aromatic heterocycles. The maximum atomic E-state index is 13.5. The van der Waals surface area contributed by atoms with Crippen molar-refractivity contribution in [2.75, 3.05) is 6.54 Å². The summed E-state index contributed by atoms with van der Waals surface area (Å²) in [5.41, 5.74) is 1.59. The average Bonchev–Trinajstić information content (AvgIpc) is 2.49. The zero-order valence-electron chi connectivity index (χ0n) is 11.8. The van der Waals surface area contributed by atoms with Crippen molar-refractivity contribution in [1.29, 1.82) is 0 Å². The third-order valence-corrected chi connectivity index (χ3v) is 3.38. The highest BCUT2D eigenvalue weighted by molar-refractivity contribution is 5.35. The number of halogens is 1. The fourth-order valence-corrected chi connectivity index (χ4v) is 2.15. The van der Waals surface area contributed by atoms with Crippen LogP contribution in [0.1, 0.15) is 24.1 Å². The first-order valence-corrected chi connectivity index (χ1v) is 6.79. The number of nitrogens with zero attached hydrogens (tertiary/aromatic N) is 1. The molecule has 110 valence electrons. The van der Waals surface area contributed by atoms with Crippen LogP contribution in [0.5, 0.6) is 0 Å². The maximum Gasteiger partial charge on any atom is 0.269 e. The minimum atomic E-state index is -0.407. The second-order valence-electron chi connectivity index (χ2n) is 4.87. The molecule has 1 atom stereocenters. The highest BCUT2D eigenvalue weighted by Crippen LogP contribution is 2.19. The van der Waals surface area contributed by atoms with Crippen LogP contribution in [0.3, 0.4) is 0 Å². The van der Waals surface area contributed by atoms with Crippen molar-refractivity contribution in [2.45, 2.75) is 19.4 Å². The Morgan fingerprint density at radius 1 is 1.24 bits per heavy atom. The quantitative estimate of drug-likeness (QED) is 0.652. The summed E-state index contributed by atoms with van der Waals surface area (Å²) in [6.45, 7) is 2.53. The molecule has 0 saturated carbocycles. The number of benzene rings is 2. The van der Waals surface area contributed by atoms with E-state index in [2.05, 4.69) is 5.32 Å². The molecule has 1 unspecified atom stereocenters. The summed E-state index contributed by atoms with van der Waals surface area (Å²) >= 11 is 0. The van der Waals surface area contributed by atoms with Crippen LogP contribution >= 0.6 is 0 Å². The van der Waals surface area contributed by atoms with Gasteiger partial charge in [0.15, 0.2) is 0 Å². The van der Waals surface area contributed by atoms with Crippen molar-refractivity contribution in [3.05, 3.63) is 75.6 Å². The Hall–Kier alpha value is -2.27. The molecule has 0 bridgehead atoms. The standard InChI is InChI=1S/C16H17FN2O2/c1-12(14-6-4-7-15(11-14)19(20)21)18-10-9-13-5-2-3-8-16(13)17/h2-8,11-12,18H,9-10H2,1H3. The van der Waals surface area contributed by atoms with Gasteiger partial charge in [0.05, 0.1) is 4.92 Å². The van der Waals surface area contributed by atoms with Gasteiger partial charge in [-0.05, 0) is 37.1 Å². The number of nitro groups is 1. The lowest BCUT2D eigenvalue weighted by Gasteiger charge is -2.14. The first-order chi connectivity index (χ1) is 10.1. The van der Waals surface area contributed by atoms with Gasteiger partial charge in [0.2, 0.25) is 0 Å². The van der Waals surface area contributed by atoms with E-state index in [1.807, 2.05) is 19.1 Å². The molecule has 0 radical (unpaired) electrons. The minimum absolute atomic E-state index is 0.0309. The van der Waals surface area contributed by atoms with E-state index in [1.54, 1.807) is 24.3 Å². The molecule has 0 aliphatic carbocycles. The molecule has 2 aromatic carbocycles. The van der Waals surface area contributed by atoms with Crippen LogP contribution in [-0.2, 0) is 6.42 Å². The lowest BCUT2D eigenvalue weighted by Crippen LogP contribution is -2.21. The smallest absolute Gasteiger partial charge is 0.269 e. The summed E-state index contributed by atoms with van der Waals surface area (Å²) in [5.74, 6) is -0.206. The lowest BCUT2D eigenvalue weighted by molar-refractivity contribution is -0.384. The molecule has 1 N–H and O–H groups in total. The Bertz CT molecular complexity index is 631. The largest absolute Gasteiger partial charge is 0.310 e. The Morgan fingerprint density at radius 2 is 2.00 bits per heavy atom. The Morgan fingerprint density at radius 3 is 2.71 bits per heavy atom. The summed E-state index contributed by atoms with van der Waals surface area (Å²) in [6, 6.07) is 13.2. The van der Waals surface area contributed by atoms with Gasteiger partial charge in [-0.2, -0.15) is 0 Å². The predicted molar refractivity (Wildman–Crippen MR) is 79.6 cm³/mol. The van der Waals surface area contributed by atoms with E-state index in [4.69, 9.17) is 0 Å². The van der Waals surface area contributed by atoms with E-state index in [-0.39, 0.29) is 17.5 Å². The van der Waals surface area contributed by atoms with Gasteiger partial charge in [-0.15, -0.1) is 0 Å². The van der Waals surface area contributed by atoms with Gasteiger partial charge in [-0.1, -0.05) is 30.3 Å². The van der Waals surface area contributed by atoms with Gasteiger partial charge in [0.25, 0.3) is 5.69 Å². The summed E-state index contributed by atoms with van der Waals surface area (Å²) in [6.07, 6.45) is 0.575. The Labute approximate surface area is 122 Å². The molecule has 2 rings (SSSR count). The molecule has 4 nitrogen and oxygen atoms in total. The third kappa shape index (κ3) is 4.10. The average molecular weight is 288 g/mol. The molecule has 0 amide bonds. The fourth-order valence-electron chi connectivity index (χ4n) is 2.15. The Kier molecular flexibility index (Phi) is 5.00. The second kappa shape index (κ2) is 6.95. The Balaban J connectivity index is 1.93. The van der Waals surface area contributed by atoms with Gasteiger partial charge in [0.1, 0.15) is 5.82 Å². The van der Waals surface area contributed by atoms with Gasteiger partial charge in [-0.25, -0.2) is 4.39 Å². The van der Waals surface area contributed by atoms with Crippen LogP contribution in [-0.4, -0.2) is 11.5 Å². The van der Waals surface area contributed by atoms with Crippen LogP contribution < -0.4 is 5.32 Å². The highest BCUT2D eigenvalue weighted by atomic mass is 19.1. The molecule has 0 heterocycles. The number of nitrogens with one attached hydrogen (secondary N) is 1. The molecule has 5 heteroatoms. The summed E-state index contributed by atoms with van der Waals surface area (Å²) in [5, 5.41) is 14.0. The van der Waals surface area contributed by atoms with Crippen LogP contribution in [0, 0.1) is 15.9 Å². The van der Waals surface area contributed by atoms with E-state index in [9.17, 15) is 14.5 Å². The third-order valence-electron chi connectivity index (χ3n) is 3.38. The molecule has 0 aliphatic rings. The zero-order valence-corrected chi connectivity index (χ0v) is 11.8. The van der Waals surface area contributed by atoms with E-state index >= 15 is 0 Å². The highest BCUT2D eigenvalue weighted by Gasteiger charge is 2.10. The molecular formula is C16H17FN2O2. The summed E-state index contributed by atoms with van der Waals surface area (Å²) in [7, 11) is 0. The van der Waals surface area contributed by atoms with Crippen LogP contribution in [0.4, 0.5) is 10.1 Å². The summed E-state index contributed by atoms with van der Waals surface area (Å²) < 4.78 is 13.5. The van der Waals surface area contributed by atoms with Crippen molar-refractivity contribution in [3.8, 4) is 0 Å². The first-order valence-electron chi connectivity index (χ1n) is 6.79. The number of rotatable bonds is 6. The molecule has 0 aliphatic heterocycles. The fraction of sp³-hybridized carbons (Fsp3) is 0.250. The van der Waals surface area contributed by atoms with Gasteiger partial charge in [0, 0.05) is 18.2 Å². The van der Waals surface area contributed by atoms with Crippen molar-refractivity contribution >= 4 is 5.69 Å². The van der Waals surface area contributed by atoms with Crippen molar-refractivity contribution in [1.82, 2.24) is 5.32 Å². The maximum absolute atomic E-state index is 13.5. The number of nitro benzene ring substituents is 1. The molecular weight excluding hydrogens is 271 g/mol. The molecule has 0 spiro atoms. The number of hydrogen-bond donors (Lipinski definition) is 1. The van der Waals surface area contributed by atoms with Gasteiger partial charge < -0.3 is 5.32 Å². The second-order valence-corrected chi connectivity index (χ2v) is 4.87. The van der Waals surface area contributed by atoms with Crippen molar-refractivity contribution < 1.29 is 9.31 Å². The number of hydrogen-bond acceptors (Lipinski definition) is 3. The topological polar surface area (TPSA) is 55.2 Å². The normalized spacial score (nSPS) is 12.1. The lowest BCUT2D eigenvalue weighted by atomic mass is 10.1. The molecule has 0 fully saturated rings. The summed E-state index contributed by atoms with van der Waals surface area (Å²) in [4.78, 5) is 10.3. The first kappa shape index (κ1) is 15.1. The van der Waals surface area contributed by atoms with E-state index in [0.717, 1.165) is 5.56 Å². The van der Waals surface area contributed by atoms with Crippen molar-refractivity contribution in [3.63, 3.8) is 0 Å². The van der Waals surface area contributed by atoms with Crippen LogP contribution in [0.2, 0.25) is 0 Å². The predicted octanol–water partition coefficient (Wildman–Crippen LogP) is 3.63. The monoisotopic (exact) mass is 288 g/mol. The van der Waals surface area contributed by atoms with Gasteiger partial charge in [-0.3, -0.25) is 10.1 Å². The van der Waals surface area contributed by atoms with Crippen LogP contribution in [0.15, 0.2) is 48.5 Å². The zero-order chi connectivity index (χ0) is 15.2. The minimum Gasteiger partial charge on any atom is -0.310 e. The van der Waals surface area contributed by atoms with Crippen LogP contribution in [0.25, 0.3) is 0 Å². The number of non-ortho nitro benzene ring substituents is 1. The van der Waals surface area contributed by atoms with E-state index in [1.165, 1.54) is 12.1 Å².